The Bertz CT molecular complexity index is 816. The Morgan fingerprint density at radius 3 is 2.21 bits per heavy atom. The molecule has 2 aromatic carbocycles. The summed E-state index contributed by atoms with van der Waals surface area (Å²) in [7, 11) is 3.22. The topological polar surface area (TPSA) is 56.8 Å². The van der Waals surface area contributed by atoms with E-state index in [0.717, 1.165) is 22.4 Å². The van der Waals surface area contributed by atoms with E-state index in [2.05, 4.69) is 31.3 Å². The molecule has 1 N–H and O–H groups in total. The number of ether oxygens (including phenoxy) is 3. The van der Waals surface area contributed by atoms with E-state index in [4.69, 9.17) is 14.2 Å². The Morgan fingerprint density at radius 2 is 1.61 bits per heavy atom. The maximum atomic E-state index is 12.7. The van der Waals surface area contributed by atoms with Crippen molar-refractivity contribution >= 4 is 5.91 Å². The van der Waals surface area contributed by atoms with E-state index in [0.29, 0.717) is 17.4 Å². The zero-order chi connectivity index (χ0) is 20.8. The minimum absolute atomic E-state index is 0.186. The molecular weight excluding hydrogens is 354 g/mol. The number of aryl methyl sites for hydroxylation is 1. The van der Waals surface area contributed by atoms with Crippen LogP contribution in [-0.2, 0) is 4.79 Å². The van der Waals surface area contributed by atoms with E-state index < -0.39 is 6.10 Å². The first-order valence-corrected chi connectivity index (χ1v) is 9.56. The second kappa shape index (κ2) is 9.49. The molecule has 28 heavy (non-hydrogen) atoms. The number of hydrogen-bond acceptors (Lipinski definition) is 4. The molecule has 0 fully saturated rings. The van der Waals surface area contributed by atoms with Gasteiger partial charge >= 0.3 is 0 Å². The number of carbonyl (C=O) groups is 1. The van der Waals surface area contributed by atoms with Gasteiger partial charge in [0.2, 0.25) is 0 Å². The lowest BCUT2D eigenvalue weighted by atomic mass is 10.0. The van der Waals surface area contributed by atoms with Gasteiger partial charge in [-0.1, -0.05) is 26.0 Å². The van der Waals surface area contributed by atoms with Gasteiger partial charge in [0.15, 0.2) is 6.10 Å². The van der Waals surface area contributed by atoms with Gasteiger partial charge in [-0.15, -0.1) is 0 Å². The Kier molecular flexibility index (Phi) is 7.32. The molecule has 0 bridgehead atoms. The fraction of sp³-hybridized carbons (Fsp3) is 0.435. The third-order valence-electron chi connectivity index (χ3n) is 4.73. The highest BCUT2D eigenvalue weighted by molar-refractivity contribution is 5.81. The summed E-state index contributed by atoms with van der Waals surface area (Å²) < 4.78 is 16.7. The molecule has 0 unspecified atom stereocenters. The summed E-state index contributed by atoms with van der Waals surface area (Å²) in [4.78, 5) is 12.7. The number of rotatable bonds is 8. The van der Waals surface area contributed by atoms with E-state index in [9.17, 15) is 4.79 Å². The zero-order valence-corrected chi connectivity index (χ0v) is 17.8. The first kappa shape index (κ1) is 21.6. The molecule has 0 heterocycles. The Morgan fingerprint density at radius 1 is 0.893 bits per heavy atom. The van der Waals surface area contributed by atoms with E-state index >= 15 is 0 Å². The van der Waals surface area contributed by atoms with Crippen molar-refractivity contribution in [3.05, 3.63) is 53.1 Å². The molecule has 0 aliphatic carbocycles. The van der Waals surface area contributed by atoms with Crippen LogP contribution in [0.3, 0.4) is 0 Å². The molecule has 2 aromatic rings. The van der Waals surface area contributed by atoms with Crippen molar-refractivity contribution in [3.8, 4) is 17.2 Å². The fourth-order valence-corrected chi connectivity index (χ4v) is 3.05. The summed E-state index contributed by atoms with van der Waals surface area (Å²) in [6.07, 6.45) is -0.627. The van der Waals surface area contributed by atoms with Crippen molar-refractivity contribution in [1.82, 2.24) is 5.32 Å². The lowest BCUT2D eigenvalue weighted by Gasteiger charge is -2.22. The maximum absolute atomic E-state index is 12.7. The molecule has 0 spiro atoms. The van der Waals surface area contributed by atoms with E-state index in [1.165, 1.54) is 0 Å². The van der Waals surface area contributed by atoms with E-state index in [-0.39, 0.29) is 11.9 Å². The Hall–Kier alpha value is -2.69. The maximum Gasteiger partial charge on any atom is 0.261 e. The molecule has 2 rings (SSSR count). The van der Waals surface area contributed by atoms with Crippen molar-refractivity contribution in [2.24, 2.45) is 0 Å². The molecule has 0 aliphatic rings. The van der Waals surface area contributed by atoms with E-state index in [1.807, 2.05) is 38.1 Å². The number of benzene rings is 2. The van der Waals surface area contributed by atoms with Gasteiger partial charge in [0.25, 0.3) is 5.91 Å². The highest BCUT2D eigenvalue weighted by Crippen LogP contribution is 2.30. The third kappa shape index (κ3) is 5.18. The summed E-state index contributed by atoms with van der Waals surface area (Å²) in [5, 5.41) is 3.01. The molecule has 0 saturated heterocycles. The van der Waals surface area contributed by atoms with Gasteiger partial charge in [-0.3, -0.25) is 4.79 Å². The standard InChI is InChI=1S/C23H31NO4/c1-14(2)19-10-8-15(3)12-22(19)28-17(5)23(25)24-16(4)20-13-18(26-6)9-11-21(20)27-7/h8-14,16-17H,1-7H3,(H,24,25)/t16-,17-/m1/s1. The number of hydrogen-bond donors (Lipinski definition) is 1. The van der Waals surface area contributed by atoms with E-state index in [1.54, 1.807) is 21.1 Å². The van der Waals surface area contributed by atoms with Gasteiger partial charge in [0, 0.05) is 5.56 Å². The van der Waals surface area contributed by atoms with Crippen molar-refractivity contribution < 1.29 is 19.0 Å². The summed E-state index contributed by atoms with van der Waals surface area (Å²) in [5.41, 5.74) is 3.04. The molecular formula is C23H31NO4. The molecule has 2 atom stereocenters. The molecule has 0 saturated carbocycles. The average Bonchev–Trinajstić information content (AvgIpc) is 2.66. The smallest absolute Gasteiger partial charge is 0.261 e. The van der Waals surface area contributed by atoms with Crippen molar-refractivity contribution in [1.29, 1.82) is 0 Å². The quantitative estimate of drug-likeness (QED) is 0.710. The summed E-state index contributed by atoms with van der Waals surface area (Å²) >= 11 is 0. The van der Waals surface area contributed by atoms with Crippen molar-refractivity contribution in [3.63, 3.8) is 0 Å². The molecule has 152 valence electrons. The molecule has 5 nitrogen and oxygen atoms in total. The highest BCUT2D eigenvalue weighted by Gasteiger charge is 2.21. The van der Waals surface area contributed by atoms with Crippen LogP contribution in [0, 0.1) is 6.92 Å². The lowest BCUT2D eigenvalue weighted by Crippen LogP contribution is -2.38. The predicted molar refractivity (Wildman–Crippen MR) is 111 cm³/mol. The second-order valence-electron chi connectivity index (χ2n) is 7.29. The zero-order valence-electron chi connectivity index (χ0n) is 17.8. The molecule has 5 heteroatoms. The highest BCUT2D eigenvalue weighted by atomic mass is 16.5. The summed E-state index contributed by atoms with van der Waals surface area (Å²) in [6, 6.07) is 11.4. The number of nitrogens with one attached hydrogen (secondary N) is 1. The SMILES string of the molecule is COc1ccc(OC)c([C@@H](C)NC(=O)[C@@H](C)Oc2cc(C)ccc2C(C)C)c1. The van der Waals surface area contributed by atoms with Crippen LogP contribution in [0.25, 0.3) is 0 Å². The molecule has 0 aliphatic heterocycles. The van der Waals surface area contributed by atoms with Crippen molar-refractivity contribution in [2.45, 2.75) is 52.7 Å². The monoisotopic (exact) mass is 385 g/mol. The van der Waals surface area contributed by atoms with Crippen molar-refractivity contribution in [2.75, 3.05) is 14.2 Å². The fourth-order valence-electron chi connectivity index (χ4n) is 3.05. The van der Waals surface area contributed by atoms with Crippen LogP contribution < -0.4 is 19.5 Å². The third-order valence-corrected chi connectivity index (χ3v) is 4.73. The van der Waals surface area contributed by atoms with Crippen LogP contribution in [0.15, 0.2) is 36.4 Å². The lowest BCUT2D eigenvalue weighted by molar-refractivity contribution is -0.127. The number of amides is 1. The molecule has 0 radical (unpaired) electrons. The largest absolute Gasteiger partial charge is 0.497 e. The van der Waals surface area contributed by atoms with Gasteiger partial charge in [-0.25, -0.2) is 0 Å². The minimum atomic E-state index is -0.627. The van der Waals surface area contributed by atoms with Crippen LogP contribution in [0.2, 0.25) is 0 Å². The first-order chi connectivity index (χ1) is 13.3. The van der Waals surface area contributed by atoms with Crippen LogP contribution in [0.4, 0.5) is 0 Å². The van der Waals surface area contributed by atoms with Gasteiger partial charge in [0.1, 0.15) is 17.2 Å². The average molecular weight is 386 g/mol. The van der Waals surface area contributed by atoms with Gasteiger partial charge in [-0.2, -0.15) is 0 Å². The number of carbonyl (C=O) groups excluding carboxylic acids is 1. The molecule has 0 aromatic heterocycles. The molecule has 1 amide bonds. The summed E-state index contributed by atoms with van der Waals surface area (Å²) in [5.74, 6) is 2.29. The van der Waals surface area contributed by atoms with Gasteiger partial charge in [0.05, 0.1) is 20.3 Å². The normalized spacial score (nSPS) is 13.0. The summed E-state index contributed by atoms with van der Waals surface area (Å²) in [6.45, 7) is 9.91. The van der Waals surface area contributed by atoms with Gasteiger partial charge < -0.3 is 19.5 Å². The predicted octanol–water partition coefficient (Wildman–Crippen LogP) is 4.78. The second-order valence-corrected chi connectivity index (χ2v) is 7.29. The Balaban J connectivity index is 2.14. The first-order valence-electron chi connectivity index (χ1n) is 9.56. The Labute approximate surface area is 168 Å². The number of methoxy groups -OCH3 is 2. The van der Waals surface area contributed by atoms with Crippen LogP contribution in [-0.4, -0.2) is 26.2 Å². The van der Waals surface area contributed by atoms with Crippen LogP contribution in [0.5, 0.6) is 17.2 Å². The van der Waals surface area contributed by atoms with Gasteiger partial charge in [-0.05, 0) is 62.1 Å². The minimum Gasteiger partial charge on any atom is -0.497 e. The van der Waals surface area contributed by atoms with Crippen LogP contribution >= 0.6 is 0 Å². The van der Waals surface area contributed by atoms with Crippen LogP contribution in [0.1, 0.15) is 56.3 Å².